The van der Waals surface area contributed by atoms with E-state index in [0.717, 1.165) is 11.4 Å². The van der Waals surface area contributed by atoms with Crippen LogP contribution >= 0.6 is 0 Å². The van der Waals surface area contributed by atoms with E-state index in [1.807, 2.05) is 33.0 Å². The lowest BCUT2D eigenvalue weighted by Crippen LogP contribution is -2.36. The number of nitrogens with zero attached hydrogens (tertiary/aromatic N) is 3. The first-order chi connectivity index (χ1) is 12.9. The highest BCUT2D eigenvalue weighted by Crippen LogP contribution is 2.32. The molecule has 3 rings (SSSR count). The van der Waals surface area contributed by atoms with E-state index in [2.05, 4.69) is 16.0 Å². The van der Waals surface area contributed by atoms with Gasteiger partial charge in [-0.2, -0.15) is 0 Å². The Balaban J connectivity index is 1.76. The predicted molar refractivity (Wildman–Crippen MR) is 107 cm³/mol. The molecule has 2 heterocycles. The molecule has 27 heavy (non-hydrogen) atoms. The summed E-state index contributed by atoms with van der Waals surface area (Å²) >= 11 is 0. The number of hydrogen-bond acceptors (Lipinski definition) is 4. The van der Waals surface area contributed by atoms with Crippen LogP contribution in [0, 0.1) is 0 Å². The summed E-state index contributed by atoms with van der Waals surface area (Å²) in [7, 11) is 0. The lowest BCUT2D eigenvalue weighted by molar-refractivity contribution is 0.0577. The maximum Gasteiger partial charge on any atom is 0.415 e. The van der Waals surface area contributed by atoms with E-state index in [0.29, 0.717) is 12.5 Å². The SMILES string of the molecule is CC(C)(C)OC(=O)N(Cc1ccc(C2CCCCC2)cn1)c1ccncc1. The van der Waals surface area contributed by atoms with Crippen LogP contribution in [-0.2, 0) is 11.3 Å². The highest BCUT2D eigenvalue weighted by molar-refractivity contribution is 5.87. The Kier molecular flexibility index (Phi) is 6.09. The minimum absolute atomic E-state index is 0.365. The minimum Gasteiger partial charge on any atom is -0.443 e. The number of rotatable bonds is 4. The van der Waals surface area contributed by atoms with Crippen LogP contribution in [0.3, 0.4) is 0 Å². The van der Waals surface area contributed by atoms with Crippen LogP contribution in [-0.4, -0.2) is 21.7 Å². The van der Waals surface area contributed by atoms with E-state index >= 15 is 0 Å². The topological polar surface area (TPSA) is 55.3 Å². The molecule has 1 aliphatic rings. The summed E-state index contributed by atoms with van der Waals surface area (Å²) in [5, 5.41) is 0. The van der Waals surface area contributed by atoms with Crippen molar-refractivity contribution in [1.82, 2.24) is 9.97 Å². The standard InChI is InChI=1S/C22H29N3O2/c1-22(2,3)27-21(26)25(20-11-13-23-14-12-20)16-19-10-9-18(15-24-19)17-7-5-4-6-8-17/h9-15,17H,4-8,16H2,1-3H3. The van der Waals surface area contributed by atoms with Crippen molar-refractivity contribution in [2.24, 2.45) is 0 Å². The monoisotopic (exact) mass is 367 g/mol. The maximum absolute atomic E-state index is 12.7. The molecule has 0 unspecified atom stereocenters. The number of hydrogen-bond donors (Lipinski definition) is 0. The molecule has 0 N–H and O–H groups in total. The zero-order valence-electron chi connectivity index (χ0n) is 16.5. The molecule has 1 saturated carbocycles. The molecule has 0 aromatic carbocycles. The van der Waals surface area contributed by atoms with E-state index in [1.165, 1.54) is 37.7 Å². The van der Waals surface area contributed by atoms with Crippen molar-refractivity contribution in [1.29, 1.82) is 0 Å². The largest absolute Gasteiger partial charge is 0.443 e. The molecule has 0 atom stereocenters. The number of amides is 1. The second kappa shape index (κ2) is 8.51. The zero-order chi connectivity index (χ0) is 19.3. The van der Waals surface area contributed by atoms with Gasteiger partial charge in [-0.05, 0) is 63.3 Å². The molecule has 0 aliphatic heterocycles. The number of ether oxygens (including phenoxy) is 1. The number of pyridine rings is 2. The van der Waals surface area contributed by atoms with Gasteiger partial charge in [-0.3, -0.25) is 14.9 Å². The van der Waals surface area contributed by atoms with Gasteiger partial charge in [0.2, 0.25) is 0 Å². The molecular formula is C22H29N3O2. The van der Waals surface area contributed by atoms with Crippen molar-refractivity contribution in [2.75, 3.05) is 4.90 Å². The fourth-order valence-corrected chi connectivity index (χ4v) is 3.47. The van der Waals surface area contributed by atoms with Gasteiger partial charge in [0.25, 0.3) is 0 Å². The van der Waals surface area contributed by atoms with Crippen LogP contribution < -0.4 is 4.90 Å². The molecule has 144 valence electrons. The van der Waals surface area contributed by atoms with Crippen LogP contribution in [0.15, 0.2) is 42.9 Å². The fraction of sp³-hybridized carbons (Fsp3) is 0.500. The molecule has 0 radical (unpaired) electrons. The van der Waals surface area contributed by atoms with Crippen molar-refractivity contribution in [3.63, 3.8) is 0 Å². The van der Waals surface area contributed by atoms with E-state index < -0.39 is 5.60 Å². The van der Waals surface area contributed by atoms with Crippen molar-refractivity contribution in [3.05, 3.63) is 54.1 Å². The van der Waals surface area contributed by atoms with Gasteiger partial charge in [0, 0.05) is 18.6 Å². The van der Waals surface area contributed by atoms with Crippen LogP contribution in [0.25, 0.3) is 0 Å². The highest BCUT2D eigenvalue weighted by Gasteiger charge is 2.24. The second-order valence-corrected chi connectivity index (χ2v) is 8.19. The minimum atomic E-state index is -0.555. The number of carbonyl (C=O) groups is 1. The first-order valence-electron chi connectivity index (χ1n) is 9.78. The van der Waals surface area contributed by atoms with Gasteiger partial charge in [-0.15, -0.1) is 0 Å². The predicted octanol–water partition coefficient (Wildman–Crippen LogP) is 5.47. The Morgan fingerprint density at radius 3 is 2.41 bits per heavy atom. The smallest absolute Gasteiger partial charge is 0.415 e. The molecule has 1 aliphatic carbocycles. The van der Waals surface area contributed by atoms with Crippen molar-refractivity contribution >= 4 is 11.8 Å². The molecule has 2 aromatic heterocycles. The third-order valence-corrected chi connectivity index (χ3v) is 4.83. The lowest BCUT2D eigenvalue weighted by atomic mass is 9.85. The summed E-state index contributed by atoms with van der Waals surface area (Å²) < 4.78 is 5.58. The van der Waals surface area contributed by atoms with Crippen molar-refractivity contribution in [2.45, 2.75) is 70.9 Å². The second-order valence-electron chi connectivity index (χ2n) is 8.19. The third kappa shape index (κ3) is 5.52. The van der Waals surface area contributed by atoms with Gasteiger partial charge in [0.05, 0.1) is 17.9 Å². The van der Waals surface area contributed by atoms with E-state index in [1.54, 1.807) is 29.4 Å². The van der Waals surface area contributed by atoms with E-state index in [4.69, 9.17) is 4.74 Å². The Morgan fingerprint density at radius 2 is 1.81 bits per heavy atom. The third-order valence-electron chi connectivity index (χ3n) is 4.83. The zero-order valence-corrected chi connectivity index (χ0v) is 16.5. The van der Waals surface area contributed by atoms with Crippen LogP contribution in [0.1, 0.15) is 70.1 Å². The van der Waals surface area contributed by atoms with Crippen LogP contribution in [0.4, 0.5) is 10.5 Å². The van der Waals surface area contributed by atoms with Crippen molar-refractivity contribution < 1.29 is 9.53 Å². The normalized spacial score (nSPS) is 15.4. The number of carbonyl (C=O) groups excluding carboxylic acids is 1. The summed E-state index contributed by atoms with van der Waals surface area (Å²) in [4.78, 5) is 23.0. The summed E-state index contributed by atoms with van der Waals surface area (Å²) in [6.45, 7) is 5.97. The maximum atomic E-state index is 12.7. The first kappa shape index (κ1) is 19.3. The molecule has 2 aromatic rings. The summed E-state index contributed by atoms with van der Waals surface area (Å²) in [6, 6.07) is 7.81. The Bertz CT molecular complexity index is 732. The van der Waals surface area contributed by atoms with Crippen LogP contribution in [0.2, 0.25) is 0 Å². The van der Waals surface area contributed by atoms with Gasteiger partial charge in [0.15, 0.2) is 0 Å². The summed E-state index contributed by atoms with van der Waals surface area (Å²) in [5.74, 6) is 0.627. The Morgan fingerprint density at radius 1 is 1.11 bits per heavy atom. The molecular weight excluding hydrogens is 338 g/mol. The Labute approximate surface area is 161 Å². The van der Waals surface area contributed by atoms with Crippen LogP contribution in [0.5, 0.6) is 0 Å². The van der Waals surface area contributed by atoms with Gasteiger partial charge in [-0.1, -0.05) is 25.3 Å². The molecule has 0 bridgehead atoms. The molecule has 0 saturated heterocycles. The highest BCUT2D eigenvalue weighted by atomic mass is 16.6. The lowest BCUT2D eigenvalue weighted by Gasteiger charge is -2.27. The quantitative estimate of drug-likeness (QED) is 0.719. The van der Waals surface area contributed by atoms with Crippen molar-refractivity contribution in [3.8, 4) is 0 Å². The van der Waals surface area contributed by atoms with E-state index in [-0.39, 0.29) is 6.09 Å². The Hall–Kier alpha value is -2.43. The average Bonchev–Trinajstić information content (AvgIpc) is 2.66. The molecule has 5 nitrogen and oxygen atoms in total. The molecule has 1 amide bonds. The van der Waals surface area contributed by atoms with Gasteiger partial charge in [-0.25, -0.2) is 4.79 Å². The molecule has 5 heteroatoms. The molecule has 0 spiro atoms. The summed E-state index contributed by atoms with van der Waals surface area (Å²) in [5.41, 5.74) is 2.35. The first-order valence-corrected chi connectivity index (χ1v) is 9.78. The number of aromatic nitrogens is 2. The van der Waals surface area contributed by atoms with Gasteiger partial charge < -0.3 is 4.74 Å². The number of anilines is 1. The van der Waals surface area contributed by atoms with Gasteiger partial charge in [0.1, 0.15) is 5.60 Å². The van der Waals surface area contributed by atoms with E-state index in [9.17, 15) is 4.79 Å². The molecule has 1 fully saturated rings. The average molecular weight is 367 g/mol. The summed E-state index contributed by atoms with van der Waals surface area (Å²) in [6.07, 6.45) is 11.4. The fourth-order valence-electron chi connectivity index (χ4n) is 3.47. The van der Waals surface area contributed by atoms with Gasteiger partial charge >= 0.3 is 6.09 Å².